The Kier molecular flexibility index (Phi) is 22.6. The van der Waals surface area contributed by atoms with Gasteiger partial charge in [0.2, 0.25) is 5.79 Å². The van der Waals surface area contributed by atoms with Gasteiger partial charge in [-0.15, -0.1) is 24.8 Å². The first-order valence-corrected chi connectivity index (χ1v) is 28.2. The first kappa shape index (κ1) is 60.9. The highest BCUT2D eigenvalue weighted by Gasteiger charge is 2.62. The molecule has 0 radical (unpaired) electrons. The number of esters is 1. The summed E-state index contributed by atoms with van der Waals surface area (Å²) >= 11 is 6.94. The molecule has 6 fully saturated rings. The molecule has 428 valence electrons. The molecule has 6 heterocycles. The Balaban J connectivity index is 0.941. The molecule has 0 aliphatic carbocycles. The number of aliphatic hydroxyl groups is 4. The van der Waals surface area contributed by atoms with Gasteiger partial charge in [-0.05, 0) is 56.4 Å². The largest absolute Gasteiger partial charge is 0.459 e. The molecule has 7 rings (SSSR count). The highest BCUT2D eigenvalue weighted by molar-refractivity contribution is 6.21. The molecule has 4 N–H and O–H groups in total. The molecule has 76 heavy (non-hydrogen) atoms. The third-order valence-electron chi connectivity index (χ3n) is 16.5. The molecule has 6 aliphatic heterocycles. The first-order chi connectivity index (χ1) is 36.4. The van der Waals surface area contributed by atoms with E-state index < -0.39 is 102 Å². The molecule has 0 saturated carbocycles. The third-order valence-corrected chi connectivity index (χ3v) is 17.1. The second-order valence-corrected chi connectivity index (χ2v) is 22.8. The molecule has 0 amide bonds. The molecule has 20 atom stereocenters. The summed E-state index contributed by atoms with van der Waals surface area (Å²) in [5.41, 5.74) is 1.04. The minimum atomic E-state index is -1.68. The van der Waals surface area contributed by atoms with Crippen molar-refractivity contribution in [1.29, 1.82) is 0 Å². The lowest BCUT2D eigenvalue weighted by Crippen LogP contribution is -2.63. The second kappa shape index (κ2) is 28.1. The maximum Gasteiger partial charge on any atom is 0.308 e. The van der Waals surface area contributed by atoms with Crippen LogP contribution in [0.15, 0.2) is 67.8 Å². The van der Waals surface area contributed by atoms with Crippen LogP contribution in [0.25, 0.3) is 0 Å². The van der Waals surface area contributed by atoms with Gasteiger partial charge in [0, 0.05) is 77.6 Å². The van der Waals surface area contributed by atoms with Gasteiger partial charge in [-0.25, -0.2) is 0 Å². The number of halogens is 1. The molecule has 17 nitrogen and oxygen atoms in total. The number of benzene rings is 1. The number of hydrogen-bond donors (Lipinski definition) is 4. The quantitative estimate of drug-likeness (QED) is 0.0337. The number of rotatable bonds is 25. The van der Waals surface area contributed by atoms with Crippen LogP contribution in [0, 0.1) is 17.8 Å². The average Bonchev–Trinajstić information content (AvgIpc) is 3.78. The van der Waals surface area contributed by atoms with Crippen LogP contribution < -0.4 is 0 Å². The van der Waals surface area contributed by atoms with E-state index in [1.54, 1.807) is 20.1 Å². The zero-order valence-electron chi connectivity index (χ0n) is 45.3. The van der Waals surface area contributed by atoms with Gasteiger partial charge >= 0.3 is 5.97 Å². The highest BCUT2D eigenvalue weighted by atomic mass is 35.5. The zero-order chi connectivity index (χ0) is 54.6. The lowest BCUT2D eigenvalue weighted by atomic mass is 9.82. The SMILES string of the molecule is C=CCOC/C=C/[C@@H]1O[C@]2(CC[C@@H](C)[C@]3(C[C@@H](OC(=O)C[C@@H]4CCC[C@H](C[C@H](O)C[C@@H](O)C[C@@H]5O[C@]6(CC[C@@H](OC)[C@H]([C@H](O)[C@H](O)[C@H](C)C=C)O6)C(=O)C[C@H]5C)O4)[C@@H](CCOCc4ccccc4)O3)O2)C[C@H](OC)[C@H]1Cl. The Labute approximate surface area is 454 Å². The summed E-state index contributed by atoms with van der Waals surface area (Å²) in [4.78, 5) is 27.6. The van der Waals surface area contributed by atoms with Crippen molar-refractivity contribution < 1.29 is 82.1 Å². The van der Waals surface area contributed by atoms with Crippen molar-refractivity contribution in [1.82, 2.24) is 0 Å². The van der Waals surface area contributed by atoms with Crippen molar-refractivity contribution in [2.24, 2.45) is 17.8 Å². The summed E-state index contributed by atoms with van der Waals surface area (Å²) in [7, 11) is 3.12. The standard InChI is InChI=1S/C58H87ClO17/c1-8-25-68-26-14-19-45-52(59)49(67-7)33-56(72-45)23-20-38(5)58(76-56)34-48(44(73-58)22-27-69-35-39-15-11-10-12-16-39)71-51(63)32-43-18-13-17-42(70-43)30-40(60)29-41(61)31-47-37(4)28-50(62)57(74-47)24-21-46(66-6)55(75-57)54(65)53(64)36(3)9-2/h8-12,14-16,19,36-38,40-49,52-55,60-61,64-65H,1-2,13,17-18,20-35H2,3-7H3/b19-14+/t36-,37-,38-,40-,41-,42-,43+,44-,45+,46-,47+,48-,49+,52+,53-,54-,55-,56+,57+,58+/m1/s1. The van der Waals surface area contributed by atoms with Gasteiger partial charge in [0.1, 0.15) is 24.4 Å². The van der Waals surface area contributed by atoms with E-state index in [9.17, 15) is 30.0 Å². The monoisotopic (exact) mass is 1090 g/mol. The van der Waals surface area contributed by atoms with Crippen LogP contribution in [-0.2, 0) is 68.3 Å². The van der Waals surface area contributed by atoms with Crippen LogP contribution in [-0.4, -0.2) is 168 Å². The van der Waals surface area contributed by atoms with Gasteiger partial charge in [-0.1, -0.05) is 75.4 Å². The van der Waals surface area contributed by atoms with E-state index in [1.807, 2.05) is 49.4 Å². The number of carbonyl (C=O) groups is 2. The molecular formula is C58H87ClO17. The zero-order valence-corrected chi connectivity index (χ0v) is 46.1. The van der Waals surface area contributed by atoms with Crippen molar-refractivity contribution >= 4 is 23.4 Å². The van der Waals surface area contributed by atoms with Crippen molar-refractivity contribution in [3.8, 4) is 0 Å². The topological polar surface area (TPSA) is 217 Å². The Hall–Kier alpha value is -2.69. The van der Waals surface area contributed by atoms with E-state index in [4.69, 9.17) is 63.7 Å². The van der Waals surface area contributed by atoms with Crippen LogP contribution in [0.3, 0.4) is 0 Å². The molecule has 0 aromatic heterocycles. The van der Waals surface area contributed by atoms with Gasteiger partial charge in [0.05, 0.1) is 86.6 Å². The second-order valence-electron chi connectivity index (χ2n) is 22.3. The number of ether oxygens (including phenoxy) is 11. The van der Waals surface area contributed by atoms with Crippen LogP contribution >= 0.6 is 11.6 Å². The first-order valence-electron chi connectivity index (χ1n) is 27.8. The van der Waals surface area contributed by atoms with Crippen molar-refractivity contribution in [3.63, 3.8) is 0 Å². The predicted molar refractivity (Wildman–Crippen MR) is 281 cm³/mol. The van der Waals surface area contributed by atoms with E-state index in [0.29, 0.717) is 65.0 Å². The maximum absolute atomic E-state index is 14.0. The number of methoxy groups -OCH3 is 2. The van der Waals surface area contributed by atoms with Gasteiger partial charge in [0.25, 0.3) is 0 Å². The molecule has 1 aromatic carbocycles. The summed E-state index contributed by atoms with van der Waals surface area (Å²) in [6, 6.07) is 9.91. The van der Waals surface area contributed by atoms with Crippen LogP contribution in [0.5, 0.6) is 0 Å². The van der Waals surface area contributed by atoms with E-state index in [0.717, 1.165) is 18.4 Å². The van der Waals surface area contributed by atoms with Crippen molar-refractivity contribution in [2.75, 3.05) is 34.0 Å². The number of hydrogen-bond acceptors (Lipinski definition) is 17. The van der Waals surface area contributed by atoms with Gasteiger partial charge < -0.3 is 72.5 Å². The van der Waals surface area contributed by atoms with E-state index in [-0.39, 0.29) is 74.8 Å². The van der Waals surface area contributed by atoms with Gasteiger partial charge in [-0.2, -0.15) is 0 Å². The van der Waals surface area contributed by atoms with Gasteiger partial charge in [-0.3, -0.25) is 9.59 Å². The lowest BCUT2D eigenvalue weighted by molar-refractivity contribution is -0.410. The minimum absolute atomic E-state index is 0.00523. The summed E-state index contributed by atoms with van der Waals surface area (Å²) in [5.74, 6) is -5.38. The molecule has 3 spiro atoms. The number of aliphatic hydroxyl groups excluding tert-OH is 4. The molecule has 1 aromatic rings. The molecule has 0 unspecified atom stereocenters. The summed E-state index contributed by atoms with van der Waals surface area (Å²) in [6.45, 7) is 14.7. The van der Waals surface area contributed by atoms with Gasteiger partial charge in [0.15, 0.2) is 17.4 Å². The Morgan fingerprint density at radius 1 is 0.868 bits per heavy atom. The Morgan fingerprint density at radius 3 is 2.36 bits per heavy atom. The molecule has 18 heteroatoms. The normalized spacial score (nSPS) is 38.0. The van der Waals surface area contributed by atoms with E-state index in [1.165, 1.54) is 13.2 Å². The van der Waals surface area contributed by atoms with Crippen LogP contribution in [0.4, 0.5) is 0 Å². The number of alkyl halides is 1. The average molecular weight is 1090 g/mol. The molecule has 0 bridgehead atoms. The Bertz CT molecular complexity index is 2030. The Morgan fingerprint density at radius 2 is 1.62 bits per heavy atom. The number of ketones is 1. The third kappa shape index (κ3) is 15.4. The van der Waals surface area contributed by atoms with Crippen molar-refractivity contribution in [3.05, 3.63) is 73.4 Å². The summed E-state index contributed by atoms with van der Waals surface area (Å²) < 4.78 is 69.5. The molecular weight excluding hydrogens is 1000 g/mol. The maximum atomic E-state index is 14.0. The van der Waals surface area contributed by atoms with Crippen LogP contribution in [0.2, 0.25) is 0 Å². The van der Waals surface area contributed by atoms with E-state index >= 15 is 0 Å². The fraction of sp³-hybridized carbons (Fsp3) is 0.759. The number of carbonyl (C=O) groups excluding carboxylic acids is 2. The highest BCUT2D eigenvalue weighted by Crippen LogP contribution is 2.53. The predicted octanol–water partition coefficient (Wildman–Crippen LogP) is 6.95. The lowest BCUT2D eigenvalue weighted by Gasteiger charge is -2.53. The van der Waals surface area contributed by atoms with E-state index in [2.05, 4.69) is 20.1 Å². The minimum Gasteiger partial charge on any atom is -0.459 e. The molecule has 6 aliphatic rings. The summed E-state index contributed by atoms with van der Waals surface area (Å²) in [5, 5.41) is 44.2. The fourth-order valence-electron chi connectivity index (χ4n) is 12.0. The number of Topliss-reactive ketones (excluding diaryl/α,β-unsaturated/α-hetero) is 1. The smallest absolute Gasteiger partial charge is 0.308 e. The molecule has 6 saturated heterocycles. The summed E-state index contributed by atoms with van der Waals surface area (Å²) in [6.07, 6.45) is 2.90. The van der Waals surface area contributed by atoms with Crippen LogP contribution in [0.1, 0.15) is 123 Å². The van der Waals surface area contributed by atoms with Crippen molar-refractivity contribution in [2.45, 2.75) is 226 Å². The fourth-order valence-corrected chi connectivity index (χ4v) is 12.3.